The number of hydrogen-bond acceptors (Lipinski definition) is 5. The lowest BCUT2D eigenvalue weighted by atomic mass is 10.2. The predicted octanol–water partition coefficient (Wildman–Crippen LogP) is 0.530. The highest BCUT2D eigenvalue weighted by molar-refractivity contribution is 5.82. The number of likely N-dealkylation sites (tertiary alicyclic amines) is 1. The van der Waals surface area contributed by atoms with Crippen LogP contribution in [0.3, 0.4) is 0 Å². The topological polar surface area (TPSA) is 76.1 Å². The molecule has 1 saturated heterocycles. The average Bonchev–Trinajstić information content (AvgIpc) is 2.56. The molecular formula is C11H19NO5. The summed E-state index contributed by atoms with van der Waals surface area (Å²) in [5.74, 6) is -0.624. The highest BCUT2D eigenvalue weighted by Gasteiger charge is 2.43. The summed E-state index contributed by atoms with van der Waals surface area (Å²) in [4.78, 5) is 24.5. The van der Waals surface area contributed by atoms with Crippen LogP contribution in [0.25, 0.3) is 0 Å². The maximum atomic E-state index is 11.8. The van der Waals surface area contributed by atoms with E-state index in [0.29, 0.717) is 6.42 Å². The van der Waals surface area contributed by atoms with E-state index in [1.165, 1.54) is 12.0 Å². The number of methoxy groups -OCH3 is 1. The van der Waals surface area contributed by atoms with Gasteiger partial charge in [0.2, 0.25) is 0 Å². The van der Waals surface area contributed by atoms with E-state index in [2.05, 4.69) is 4.74 Å². The first-order valence-corrected chi connectivity index (χ1v) is 5.52. The van der Waals surface area contributed by atoms with Crippen LogP contribution in [0, 0.1) is 0 Å². The van der Waals surface area contributed by atoms with E-state index in [9.17, 15) is 14.7 Å². The van der Waals surface area contributed by atoms with Crippen molar-refractivity contribution in [1.82, 2.24) is 4.90 Å². The van der Waals surface area contributed by atoms with Crippen LogP contribution in [0.5, 0.6) is 0 Å². The summed E-state index contributed by atoms with van der Waals surface area (Å²) in [6, 6.07) is -0.963. The molecule has 0 saturated carbocycles. The van der Waals surface area contributed by atoms with E-state index in [0.717, 1.165) is 0 Å². The number of ether oxygens (including phenoxy) is 2. The molecular weight excluding hydrogens is 226 g/mol. The summed E-state index contributed by atoms with van der Waals surface area (Å²) < 4.78 is 9.73. The third kappa shape index (κ3) is 3.33. The van der Waals surface area contributed by atoms with Crippen LogP contribution in [0.4, 0.5) is 4.79 Å². The van der Waals surface area contributed by atoms with Gasteiger partial charge in [0, 0.05) is 6.54 Å². The molecule has 0 radical (unpaired) electrons. The van der Waals surface area contributed by atoms with E-state index >= 15 is 0 Å². The molecule has 17 heavy (non-hydrogen) atoms. The van der Waals surface area contributed by atoms with Crippen molar-refractivity contribution >= 4 is 12.1 Å². The zero-order valence-corrected chi connectivity index (χ0v) is 10.6. The Labute approximate surface area is 100 Å². The zero-order valence-electron chi connectivity index (χ0n) is 10.6. The van der Waals surface area contributed by atoms with Gasteiger partial charge in [-0.3, -0.25) is 4.90 Å². The maximum Gasteiger partial charge on any atom is 0.411 e. The first kappa shape index (κ1) is 13.8. The van der Waals surface area contributed by atoms with E-state index in [1.54, 1.807) is 20.8 Å². The molecule has 0 unspecified atom stereocenters. The van der Waals surface area contributed by atoms with Crippen LogP contribution in [0.15, 0.2) is 0 Å². The van der Waals surface area contributed by atoms with Gasteiger partial charge in [-0.2, -0.15) is 0 Å². The second kappa shape index (κ2) is 4.91. The van der Waals surface area contributed by atoms with Gasteiger partial charge in [-0.15, -0.1) is 0 Å². The highest BCUT2D eigenvalue weighted by atomic mass is 16.6. The molecule has 98 valence electrons. The van der Waals surface area contributed by atoms with Crippen LogP contribution in [0.1, 0.15) is 27.2 Å². The quantitative estimate of drug-likeness (QED) is 0.682. The van der Waals surface area contributed by atoms with E-state index in [-0.39, 0.29) is 6.54 Å². The van der Waals surface area contributed by atoms with Crippen molar-refractivity contribution in [3.8, 4) is 0 Å². The van der Waals surface area contributed by atoms with Crippen molar-refractivity contribution in [3.63, 3.8) is 0 Å². The van der Waals surface area contributed by atoms with Gasteiger partial charge in [-0.05, 0) is 27.2 Å². The number of esters is 1. The number of rotatable bonds is 1. The van der Waals surface area contributed by atoms with E-state index < -0.39 is 29.8 Å². The Hall–Kier alpha value is -1.30. The number of carbonyl (C=O) groups is 2. The molecule has 0 spiro atoms. The Balaban J connectivity index is 2.76. The average molecular weight is 245 g/mol. The Bertz CT molecular complexity index is 309. The number of aliphatic hydroxyl groups excluding tert-OH is 1. The summed E-state index contributed by atoms with van der Waals surface area (Å²) in [6.07, 6.45) is -1.15. The summed E-state index contributed by atoms with van der Waals surface area (Å²) in [5, 5.41) is 9.66. The minimum Gasteiger partial charge on any atom is -0.467 e. The van der Waals surface area contributed by atoms with Gasteiger partial charge < -0.3 is 14.6 Å². The fourth-order valence-electron chi connectivity index (χ4n) is 1.71. The first-order valence-electron chi connectivity index (χ1n) is 5.52. The minimum atomic E-state index is -0.963. The Morgan fingerprint density at radius 1 is 1.35 bits per heavy atom. The number of hydrogen-bond donors (Lipinski definition) is 1. The van der Waals surface area contributed by atoms with Gasteiger partial charge in [0.15, 0.2) is 6.04 Å². The van der Waals surface area contributed by atoms with Crippen molar-refractivity contribution in [2.45, 2.75) is 44.9 Å². The molecule has 1 aliphatic rings. The Kier molecular flexibility index (Phi) is 3.98. The van der Waals surface area contributed by atoms with Crippen LogP contribution in [0.2, 0.25) is 0 Å². The number of carbonyl (C=O) groups excluding carboxylic acids is 2. The van der Waals surface area contributed by atoms with Gasteiger partial charge in [-0.1, -0.05) is 0 Å². The summed E-state index contributed by atoms with van der Waals surface area (Å²) in [7, 11) is 1.22. The molecule has 0 bridgehead atoms. The molecule has 1 aliphatic heterocycles. The van der Waals surface area contributed by atoms with Crippen molar-refractivity contribution in [2.24, 2.45) is 0 Å². The minimum absolute atomic E-state index is 0.288. The second-order valence-electron chi connectivity index (χ2n) is 5.00. The molecule has 6 heteroatoms. The fraction of sp³-hybridized carbons (Fsp3) is 0.818. The van der Waals surface area contributed by atoms with E-state index in [4.69, 9.17) is 4.74 Å². The highest BCUT2D eigenvalue weighted by Crippen LogP contribution is 2.22. The van der Waals surface area contributed by atoms with Crippen molar-refractivity contribution in [1.29, 1.82) is 0 Å². The predicted molar refractivity (Wildman–Crippen MR) is 59.4 cm³/mol. The number of nitrogens with zero attached hydrogens (tertiary/aromatic N) is 1. The maximum absolute atomic E-state index is 11.8. The van der Waals surface area contributed by atoms with E-state index in [1.807, 2.05) is 0 Å². The molecule has 1 amide bonds. The SMILES string of the molecule is COC(=O)[C@@H]1[C@@H](O)CCN1C(=O)OC(C)(C)C. The van der Waals surface area contributed by atoms with Crippen LogP contribution in [-0.4, -0.2) is 53.5 Å². The standard InChI is InChI=1S/C11H19NO5/c1-11(2,3)17-10(15)12-6-5-7(13)8(12)9(14)16-4/h7-8,13H,5-6H2,1-4H3/t7-,8-/m0/s1. The first-order chi connectivity index (χ1) is 7.76. The Morgan fingerprint density at radius 3 is 2.41 bits per heavy atom. The third-order valence-electron chi connectivity index (χ3n) is 2.44. The molecule has 0 aliphatic carbocycles. The fourth-order valence-corrected chi connectivity index (χ4v) is 1.71. The molecule has 1 rings (SSSR count). The zero-order chi connectivity index (χ0) is 13.2. The van der Waals surface area contributed by atoms with Gasteiger partial charge in [0.25, 0.3) is 0 Å². The molecule has 1 N–H and O–H groups in total. The lowest BCUT2D eigenvalue weighted by Crippen LogP contribution is -2.47. The van der Waals surface area contributed by atoms with Crippen molar-refractivity contribution in [3.05, 3.63) is 0 Å². The van der Waals surface area contributed by atoms with Crippen LogP contribution in [-0.2, 0) is 14.3 Å². The Morgan fingerprint density at radius 2 is 1.94 bits per heavy atom. The third-order valence-corrected chi connectivity index (χ3v) is 2.44. The molecule has 1 fully saturated rings. The summed E-state index contributed by atoms with van der Waals surface area (Å²) >= 11 is 0. The van der Waals surface area contributed by atoms with Crippen molar-refractivity contribution < 1.29 is 24.2 Å². The summed E-state index contributed by atoms with van der Waals surface area (Å²) in [6.45, 7) is 5.51. The number of aliphatic hydroxyl groups is 1. The van der Waals surface area contributed by atoms with Crippen LogP contribution < -0.4 is 0 Å². The van der Waals surface area contributed by atoms with Crippen molar-refractivity contribution in [2.75, 3.05) is 13.7 Å². The summed E-state index contributed by atoms with van der Waals surface area (Å²) in [5.41, 5.74) is -0.634. The van der Waals surface area contributed by atoms with Gasteiger partial charge >= 0.3 is 12.1 Å². The molecule has 0 aromatic rings. The molecule has 6 nitrogen and oxygen atoms in total. The monoisotopic (exact) mass is 245 g/mol. The molecule has 1 heterocycles. The lowest BCUT2D eigenvalue weighted by Gasteiger charge is -2.27. The van der Waals surface area contributed by atoms with Gasteiger partial charge in [0.05, 0.1) is 13.2 Å². The molecule has 2 atom stereocenters. The van der Waals surface area contributed by atoms with Gasteiger partial charge in [-0.25, -0.2) is 9.59 Å². The molecule has 0 aromatic heterocycles. The second-order valence-corrected chi connectivity index (χ2v) is 5.00. The van der Waals surface area contributed by atoms with Gasteiger partial charge in [0.1, 0.15) is 5.60 Å². The largest absolute Gasteiger partial charge is 0.467 e. The normalized spacial score (nSPS) is 24.6. The smallest absolute Gasteiger partial charge is 0.411 e. The number of amides is 1. The lowest BCUT2D eigenvalue weighted by molar-refractivity contribution is -0.148. The van der Waals surface area contributed by atoms with Crippen LogP contribution >= 0.6 is 0 Å². The molecule has 0 aromatic carbocycles.